The summed E-state index contributed by atoms with van der Waals surface area (Å²) in [6.07, 6.45) is 7.27. The predicted molar refractivity (Wildman–Crippen MR) is 342 cm³/mol. The van der Waals surface area contributed by atoms with Crippen LogP contribution in [-0.2, 0) is 0 Å². The Bertz CT molecular complexity index is 4190. The Labute approximate surface area is 471 Å². The third kappa shape index (κ3) is 6.48. The molecule has 2 nitrogen and oxygen atoms in total. The van der Waals surface area contributed by atoms with Crippen molar-refractivity contribution in [3.63, 3.8) is 0 Å². The van der Waals surface area contributed by atoms with E-state index in [9.17, 15) is 0 Å². The molecule has 80 heavy (non-hydrogen) atoms. The van der Waals surface area contributed by atoms with Gasteiger partial charge in [-0.25, -0.2) is 0 Å². The van der Waals surface area contributed by atoms with E-state index in [1.165, 1.54) is 171 Å². The fraction of sp³-hybridized carbons (Fsp3) is 0.231. The topological polar surface area (TPSA) is 6.48 Å². The largest absolute Gasteiger partial charge is 0.334 e. The molecule has 0 amide bonds. The summed E-state index contributed by atoms with van der Waals surface area (Å²) in [6.45, 7) is 15.2. The first kappa shape index (κ1) is 47.8. The summed E-state index contributed by atoms with van der Waals surface area (Å²) in [6, 6.07) is 84.4. The molecule has 2 aliphatic carbocycles. The molecule has 390 valence electrons. The molecule has 0 saturated heterocycles. The van der Waals surface area contributed by atoms with Crippen LogP contribution in [0, 0.1) is 10.8 Å². The van der Waals surface area contributed by atoms with Crippen molar-refractivity contribution >= 4 is 76.6 Å². The van der Waals surface area contributed by atoms with Gasteiger partial charge in [-0.3, -0.25) is 0 Å². The summed E-state index contributed by atoms with van der Waals surface area (Å²) in [4.78, 5) is 5.46. The van der Waals surface area contributed by atoms with Crippen LogP contribution in [0.3, 0.4) is 0 Å². The Morgan fingerprint density at radius 2 is 0.700 bits per heavy atom. The molecular weight excluding hydrogens is 965 g/mol. The van der Waals surface area contributed by atoms with Gasteiger partial charge in [0.25, 0.3) is 0 Å². The summed E-state index contributed by atoms with van der Waals surface area (Å²) in [5.41, 5.74) is 18.6. The van der Waals surface area contributed by atoms with E-state index >= 15 is 0 Å². The van der Waals surface area contributed by atoms with E-state index in [4.69, 9.17) is 0 Å². The molecule has 4 atom stereocenters. The molecular formula is C78H68N2. The highest BCUT2D eigenvalue weighted by Gasteiger charge is 2.60. The summed E-state index contributed by atoms with van der Waals surface area (Å²) >= 11 is 0. The highest BCUT2D eigenvalue weighted by atomic mass is 15.3. The average molecular weight is 1030 g/mol. The first-order valence-corrected chi connectivity index (χ1v) is 29.7. The monoisotopic (exact) mass is 1030 g/mol. The molecule has 12 aromatic rings. The van der Waals surface area contributed by atoms with Gasteiger partial charge in [0, 0.05) is 34.6 Å². The lowest BCUT2D eigenvalue weighted by Gasteiger charge is -2.55. The van der Waals surface area contributed by atoms with Crippen molar-refractivity contribution in [1.82, 2.24) is 0 Å². The van der Waals surface area contributed by atoms with Gasteiger partial charge in [0.15, 0.2) is 0 Å². The number of para-hydroxylation sites is 2. The minimum absolute atomic E-state index is 0.0814. The Kier molecular flexibility index (Phi) is 10.2. The third-order valence-corrected chi connectivity index (χ3v) is 21.6. The van der Waals surface area contributed by atoms with Crippen molar-refractivity contribution in [3.05, 3.63) is 230 Å². The highest BCUT2D eigenvalue weighted by molar-refractivity contribution is 6.33. The smallest absolute Gasteiger partial charge is 0.0543 e. The standard InChI is InChI=1S/C78H68N2/c1-75(2)43-19-33-69-67-45-51(35-41-71(67)79(77(69,75)5)53-25-9-7-10-26-53)63-47-65(57-31-17-23-49-21-13-15-29-55(49)57)61-40-38-60-64(48-66(62-39-37-59(63)73(61)74(60)62)58-32-18-24-50-22-14-16-30-56(50)58)52-36-42-72-68(46-52)70-34-20-44-76(3,4)78(70,6)80(72)54-27-11-8-12-28-54/h7-18,21-32,35-42,45-48,69-70H,19-20,33-34,43-44H2,1-6H3. The Balaban J connectivity index is 0.996. The minimum atomic E-state index is -0.0814. The molecule has 0 radical (unpaired) electrons. The Morgan fingerprint density at radius 1 is 0.325 bits per heavy atom. The molecule has 0 aromatic heterocycles. The number of hydrogen-bond donors (Lipinski definition) is 0. The molecule has 16 rings (SSSR count). The predicted octanol–water partition coefficient (Wildman–Crippen LogP) is 22.0. The van der Waals surface area contributed by atoms with Crippen LogP contribution < -0.4 is 9.80 Å². The molecule has 0 spiro atoms. The van der Waals surface area contributed by atoms with Crippen LogP contribution in [0.25, 0.3) is 98.4 Å². The molecule has 2 heterocycles. The van der Waals surface area contributed by atoms with Crippen molar-refractivity contribution < 1.29 is 0 Å². The fourth-order valence-corrected chi connectivity index (χ4v) is 17.1. The molecule has 2 aliphatic heterocycles. The lowest BCUT2D eigenvalue weighted by atomic mass is 9.58. The Morgan fingerprint density at radius 3 is 1.12 bits per heavy atom. The van der Waals surface area contributed by atoms with Gasteiger partial charge in [0.05, 0.1) is 11.1 Å². The molecule has 4 unspecified atom stereocenters. The number of anilines is 4. The maximum atomic E-state index is 2.73. The van der Waals surface area contributed by atoms with Crippen molar-refractivity contribution in [2.45, 2.75) is 103 Å². The summed E-state index contributed by atoms with van der Waals surface area (Å²) in [5.74, 6) is 0.795. The molecule has 2 fully saturated rings. The van der Waals surface area contributed by atoms with E-state index in [2.05, 4.69) is 270 Å². The third-order valence-electron chi connectivity index (χ3n) is 21.6. The van der Waals surface area contributed by atoms with Crippen LogP contribution in [-0.4, -0.2) is 11.1 Å². The first-order valence-electron chi connectivity index (χ1n) is 29.7. The number of nitrogens with zero attached hydrogens (tertiary/aromatic N) is 2. The van der Waals surface area contributed by atoms with Crippen molar-refractivity contribution in [2.75, 3.05) is 9.80 Å². The zero-order valence-electron chi connectivity index (χ0n) is 47.1. The van der Waals surface area contributed by atoms with Gasteiger partial charge in [-0.2, -0.15) is 0 Å². The van der Waals surface area contributed by atoms with Gasteiger partial charge in [-0.15, -0.1) is 0 Å². The highest BCUT2D eigenvalue weighted by Crippen LogP contribution is 2.66. The molecule has 12 aromatic carbocycles. The van der Waals surface area contributed by atoms with Crippen molar-refractivity contribution in [1.29, 1.82) is 0 Å². The van der Waals surface area contributed by atoms with E-state index in [1.807, 2.05) is 0 Å². The summed E-state index contributed by atoms with van der Waals surface area (Å²) in [7, 11) is 0. The molecule has 2 heteroatoms. The maximum Gasteiger partial charge on any atom is 0.0543 e. The maximum absolute atomic E-state index is 2.73. The second kappa shape index (κ2) is 17.2. The molecule has 4 aliphatic rings. The van der Waals surface area contributed by atoms with Gasteiger partial charge in [-0.05, 0) is 221 Å². The van der Waals surface area contributed by atoms with E-state index in [0.29, 0.717) is 11.8 Å². The number of benzene rings is 12. The fourth-order valence-electron chi connectivity index (χ4n) is 17.1. The average Bonchev–Trinajstić information content (AvgIpc) is 4.07. The molecule has 2 saturated carbocycles. The van der Waals surface area contributed by atoms with Gasteiger partial charge in [0.1, 0.15) is 0 Å². The summed E-state index contributed by atoms with van der Waals surface area (Å²) in [5, 5.41) is 13.0. The second-order valence-corrected chi connectivity index (χ2v) is 25.9. The lowest BCUT2D eigenvalue weighted by molar-refractivity contribution is 0.101. The molecule has 0 N–H and O–H groups in total. The first-order chi connectivity index (χ1) is 38.9. The Hall–Kier alpha value is -8.20. The number of rotatable bonds is 6. The van der Waals surface area contributed by atoms with Gasteiger partial charge in [0.2, 0.25) is 0 Å². The molecule has 0 bridgehead atoms. The zero-order chi connectivity index (χ0) is 53.9. The van der Waals surface area contributed by atoms with Crippen molar-refractivity contribution in [3.8, 4) is 44.5 Å². The zero-order valence-corrected chi connectivity index (χ0v) is 47.1. The normalized spacial score (nSPS) is 21.8. The van der Waals surface area contributed by atoms with Crippen molar-refractivity contribution in [2.24, 2.45) is 10.8 Å². The van der Waals surface area contributed by atoms with Gasteiger partial charge < -0.3 is 9.80 Å². The van der Waals surface area contributed by atoms with E-state index < -0.39 is 0 Å². The number of fused-ring (bicyclic) bond motifs is 8. The van der Waals surface area contributed by atoms with Crippen LogP contribution in [0.15, 0.2) is 218 Å². The van der Waals surface area contributed by atoms with E-state index in [-0.39, 0.29) is 21.9 Å². The van der Waals surface area contributed by atoms with Crippen LogP contribution in [0.4, 0.5) is 22.7 Å². The quantitative estimate of drug-likeness (QED) is 0.153. The van der Waals surface area contributed by atoms with Crippen LogP contribution in [0.5, 0.6) is 0 Å². The van der Waals surface area contributed by atoms with Gasteiger partial charge >= 0.3 is 0 Å². The SMILES string of the molecule is CC1(C)CCCC2c3cc(-c4cc(-c5cccc6ccccc56)c5ccc6c(-c7ccc8c(c7)C7CCCC(C)(C)C7(C)N8c7ccccc7)cc(-c7cccc8ccccc78)c7ccc4c5c67)ccc3N(c3ccccc3)C21C. The van der Waals surface area contributed by atoms with Gasteiger partial charge in [-0.1, -0.05) is 198 Å². The van der Waals surface area contributed by atoms with E-state index in [0.717, 1.165) is 0 Å². The van der Waals surface area contributed by atoms with Crippen LogP contribution in [0.1, 0.15) is 103 Å². The summed E-state index contributed by atoms with van der Waals surface area (Å²) < 4.78 is 0. The van der Waals surface area contributed by atoms with E-state index in [1.54, 1.807) is 0 Å². The lowest BCUT2D eigenvalue weighted by Crippen LogP contribution is -2.56. The van der Waals surface area contributed by atoms with Crippen LogP contribution >= 0.6 is 0 Å². The minimum Gasteiger partial charge on any atom is -0.334 e. The van der Waals surface area contributed by atoms with Crippen LogP contribution in [0.2, 0.25) is 0 Å². The second-order valence-electron chi connectivity index (χ2n) is 25.9. The number of hydrogen-bond acceptors (Lipinski definition) is 2.